The van der Waals surface area contributed by atoms with Crippen LogP contribution in [-0.4, -0.2) is 35.9 Å². The largest absolute Gasteiger partial charge is 0.497 e. The Bertz CT molecular complexity index is 1070. The van der Waals surface area contributed by atoms with Crippen LogP contribution in [0, 0.1) is 13.8 Å². The molecular formula is C25H27N3O3S. The van der Waals surface area contributed by atoms with Crippen LogP contribution >= 0.6 is 11.8 Å². The van der Waals surface area contributed by atoms with E-state index in [9.17, 15) is 9.59 Å². The number of thioether (sulfide) groups is 1. The summed E-state index contributed by atoms with van der Waals surface area (Å²) in [6.07, 6.45) is 3.37. The van der Waals surface area contributed by atoms with E-state index in [4.69, 9.17) is 4.74 Å². The fraction of sp³-hybridized carbons (Fsp3) is 0.240. The van der Waals surface area contributed by atoms with E-state index in [1.54, 1.807) is 31.1 Å². The van der Waals surface area contributed by atoms with Gasteiger partial charge in [0.1, 0.15) is 11.4 Å². The lowest BCUT2D eigenvalue weighted by Gasteiger charge is -2.21. The van der Waals surface area contributed by atoms with Crippen molar-refractivity contribution in [1.82, 2.24) is 5.32 Å². The third-order valence-corrected chi connectivity index (χ3v) is 5.84. The number of amidine groups is 1. The molecule has 0 fully saturated rings. The first-order valence-electron chi connectivity index (χ1n) is 10.2. The van der Waals surface area contributed by atoms with Crippen molar-refractivity contribution in [2.45, 2.75) is 26.0 Å². The van der Waals surface area contributed by atoms with Crippen LogP contribution in [0.15, 0.2) is 65.8 Å². The minimum atomic E-state index is -0.435. The Kier molecular flexibility index (Phi) is 7.53. The number of carbonyl (C=O) groups is 2. The van der Waals surface area contributed by atoms with E-state index in [1.807, 2.05) is 56.3 Å². The van der Waals surface area contributed by atoms with Gasteiger partial charge in [0.05, 0.1) is 18.0 Å². The Morgan fingerprint density at radius 2 is 1.88 bits per heavy atom. The van der Waals surface area contributed by atoms with Gasteiger partial charge < -0.3 is 10.1 Å². The van der Waals surface area contributed by atoms with Crippen LogP contribution in [0.3, 0.4) is 0 Å². The summed E-state index contributed by atoms with van der Waals surface area (Å²) >= 11 is 1.25. The van der Waals surface area contributed by atoms with E-state index in [1.165, 1.54) is 11.8 Å². The molecule has 0 spiro atoms. The number of benzene rings is 2. The summed E-state index contributed by atoms with van der Waals surface area (Å²) in [5.41, 5.74) is 3.97. The van der Waals surface area contributed by atoms with E-state index in [0.717, 1.165) is 28.1 Å². The van der Waals surface area contributed by atoms with Crippen molar-refractivity contribution in [2.75, 3.05) is 18.6 Å². The van der Waals surface area contributed by atoms with Gasteiger partial charge in [0.2, 0.25) is 5.91 Å². The number of methoxy groups -OCH3 is 1. The molecule has 1 unspecified atom stereocenters. The van der Waals surface area contributed by atoms with Crippen LogP contribution in [0.5, 0.6) is 5.75 Å². The van der Waals surface area contributed by atoms with Gasteiger partial charge >= 0.3 is 0 Å². The van der Waals surface area contributed by atoms with E-state index < -0.39 is 5.25 Å². The molecule has 0 radical (unpaired) electrons. The van der Waals surface area contributed by atoms with Crippen LogP contribution in [0.25, 0.3) is 6.08 Å². The molecule has 6 nitrogen and oxygen atoms in total. The molecule has 0 aromatic heterocycles. The molecule has 0 bridgehead atoms. The fourth-order valence-corrected chi connectivity index (χ4v) is 4.22. The van der Waals surface area contributed by atoms with Crippen molar-refractivity contribution in [3.63, 3.8) is 0 Å². The highest BCUT2D eigenvalue weighted by atomic mass is 32.2. The Balaban J connectivity index is 1.97. The van der Waals surface area contributed by atoms with E-state index in [2.05, 4.69) is 16.9 Å². The Morgan fingerprint density at radius 1 is 1.22 bits per heavy atom. The van der Waals surface area contributed by atoms with E-state index in [-0.39, 0.29) is 11.8 Å². The van der Waals surface area contributed by atoms with Crippen molar-refractivity contribution in [3.8, 4) is 5.75 Å². The number of hydrogen-bond acceptors (Lipinski definition) is 5. The van der Waals surface area contributed by atoms with Crippen molar-refractivity contribution < 1.29 is 14.3 Å². The number of hydrogen-bond donors (Lipinski definition) is 1. The molecular weight excluding hydrogens is 422 g/mol. The number of carbonyl (C=O) groups excluding carboxylic acids is 2. The van der Waals surface area contributed by atoms with Gasteiger partial charge in [-0.3, -0.25) is 14.5 Å². The maximum Gasteiger partial charge on any atom is 0.283 e. The van der Waals surface area contributed by atoms with Crippen LogP contribution in [0.2, 0.25) is 0 Å². The number of ether oxygens (including phenoxy) is 1. The minimum Gasteiger partial charge on any atom is -0.497 e. The number of amides is 2. The quantitative estimate of drug-likeness (QED) is 0.500. The van der Waals surface area contributed by atoms with Gasteiger partial charge in [-0.05, 0) is 67.8 Å². The Hall–Kier alpha value is -3.32. The molecule has 0 saturated heterocycles. The van der Waals surface area contributed by atoms with Gasteiger partial charge in [-0.15, -0.1) is 6.58 Å². The van der Waals surface area contributed by atoms with Crippen LogP contribution in [-0.2, 0) is 9.59 Å². The van der Waals surface area contributed by atoms with E-state index >= 15 is 0 Å². The average molecular weight is 450 g/mol. The van der Waals surface area contributed by atoms with Crippen LogP contribution in [0.4, 0.5) is 5.69 Å². The zero-order valence-corrected chi connectivity index (χ0v) is 19.5. The molecule has 1 aliphatic heterocycles. The molecule has 3 rings (SSSR count). The highest BCUT2D eigenvalue weighted by Crippen LogP contribution is 2.32. The second-order valence-corrected chi connectivity index (χ2v) is 8.79. The van der Waals surface area contributed by atoms with Crippen molar-refractivity contribution in [3.05, 3.63) is 77.5 Å². The molecule has 2 amide bonds. The van der Waals surface area contributed by atoms with Gasteiger partial charge in [-0.1, -0.05) is 36.0 Å². The number of rotatable bonds is 7. The molecule has 0 saturated carbocycles. The second-order valence-electron chi connectivity index (χ2n) is 7.48. The first kappa shape index (κ1) is 23.3. The number of nitrogens with one attached hydrogen (secondary N) is 1. The average Bonchev–Trinajstić information content (AvgIpc) is 3.06. The predicted octanol–water partition coefficient (Wildman–Crippen LogP) is 4.48. The number of nitrogens with zero attached hydrogens (tertiary/aromatic N) is 2. The minimum absolute atomic E-state index is 0.141. The van der Waals surface area contributed by atoms with Gasteiger partial charge in [-0.25, -0.2) is 4.99 Å². The highest BCUT2D eigenvalue weighted by Gasteiger charge is 2.34. The number of aryl methyl sites for hydroxylation is 2. The lowest BCUT2D eigenvalue weighted by Crippen LogP contribution is -2.35. The first-order chi connectivity index (χ1) is 15.3. The smallest absolute Gasteiger partial charge is 0.283 e. The van der Waals surface area contributed by atoms with Crippen molar-refractivity contribution in [2.24, 2.45) is 4.99 Å². The molecule has 7 heteroatoms. The van der Waals surface area contributed by atoms with Crippen LogP contribution in [0.1, 0.15) is 23.6 Å². The summed E-state index contributed by atoms with van der Waals surface area (Å²) in [6.45, 7) is 9.77. The number of aliphatic imine (C=N–C) groups is 1. The zero-order valence-electron chi connectivity index (χ0n) is 18.7. The summed E-state index contributed by atoms with van der Waals surface area (Å²) in [4.78, 5) is 32.0. The van der Waals surface area contributed by atoms with Gasteiger partial charge in [0, 0.05) is 6.54 Å². The molecule has 1 atom stereocenters. The molecule has 2 aromatic rings. The molecule has 1 N–H and O–H groups in total. The zero-order chi connectivity index (χ0) is 23.3. The molecule has 1 aliphatic rings. The van der Waals surface area contributed by atoms with Gasteiger partial charge in [-0.2, -0.15) is 0 Å². The highest BCUT2D eigenvalue weighted by molar-refractivity contribution is 8.15. The second kappa shape index (κ2) is 10.3. The predicted molar refractivity (Wildman–Crippen MR) is 132 cm³/mol. The maximum atomic E-state index is 13.4. The van der Waals surface area contributed by atoms with Gasteiger partial charge in [0.25, 0.3) is 5.91 Å². The number of anilines is 1. The summed E-state index contributed by atoms with van der Waals surface area (Å²) in [5.74, 6) is 0.367. The summed E-state index contributed by atoms with van der Waals surface area (Å²) in [7, 11) is 1.61. The van der Waals surface area contributed by atoms with Crippen molar-refractivity contribution in [1.29, 1.82) is 0 Å². The SMILES string of the molecule is C=CCNC(=O)C(C)SC1=N/C(=C\c2ccc(OC)cc2)C(=O)N1c1cc(C)cc(C)c1. The normalized spacial score (nSPS) is 15.5. The topological polar surface area (TPSA) is 71.0 Å². The molecule has 32 heavy (non-hydrogen) atoms. The Labute approximate surface area is 193 Å². The molecule has 0 aliphatic carbocycles. The fourth-order valence-electron chi connectivity index (χ4n) is 3.27. The Morgan fingerprint density at radius 3 is 2.47 bits per heavy atom. The molecule has 2 aromatic carbocycles. The van der Waals surface area contributed by atoms with Crippen molar-refractivity contribution >= 4 is 40.5 Å². The summed E-state index contributed by atoms with van der Waals surface area (Å²) in [6, 6.07) is 13.3. The third kappa shape index (κ3) is 5.48. The van der Waals surface area contributed by atoms with Crippen LogP contribution < -0.4 is 15.0 Å². The first-order valence-corrected chi connectivity index (χ1v) is 11.1. The maximum absolute atomic E-state index is 13.4. The van der Waals surface area contributed by atoms with E-state index in [0.29, 0.717) is 17.4 Å². The lowest BCUT2D eigenvalue weighted by molar-refractivity contribution is -0.120. The summed E-state index contributed by atoms with van der Waals surface area (Å²) in [5, 5.41) is 2.83. The lowest BCUT2D eigenvalue weighted by atomic mass is 10.1. The summed E-state index contributed by atoms with van der Waals surface area (Å²) < 4.78 is 5.20. The molecule has 1 heterocycles. The molecule has 166 valence electrons. The van der Waals surface area contributed by atoms with Gasteiger partial charge in [0.15, 0.2) is 5.17 Å². The monoisotopic (exact) mass is 449 g/mol. The standard InChI is InChI=1S/C25H27N3O3S/c1-6-11-26-23(29)18(4)32-25-27-22(15-19-7-9-21(31-5)10-8-19)24(30)28(25)20-13-16(2)12-17(3)14-20/h6-10,12-15,18H,1,11H2,2-5H3,(H,26,29)/b22-15-. The third-order valence-electron chi connectivity index (χ3n) is 4.79.